The monoisotopic (exact) mass is 431 g/mol. The average molecular weight is 431 g/mol. The first kappa shape index (κ1) is 20.8. The Hall–Kier alpha value is -3.49. The van der Waals surface area contributed by atoms with Gasteiger partial charge in [-0.1, -0.05) is 12.1 Å². The van der Waals surface area contributed by atoms with Crippen LogP contribution in [-0.4, -0.2) is 25.1 Å². The zero-order valence-electron chi connectivity index (χ0n) is 16.7. The highest BCUT2D eigenvalue weighted by Gasteiger charge is 2.32. The molecule has 0 radical (unpaired) electrons. The minimum Gasteiger partial charge on any atom is -0.493 e. The van der Waals surface area contributed by atoms with Gasteiger partial charge in [0.2, 0.25) is 5.91 Å². The van der Waals surface area contributed by atoms with Gasteiger partial charge < -0.3 is 15.4 Å². The first-order valence-corrected chi connectivity index (χ1v) is 9.81. The van der Waals surface area contributed by atoms with Crippen molar-refractivity contribution in [1.29, 1.82) is 0 Å². The number of alkyl halides is 3. The van der Waals surface area contributed by atoms with E-state index in [1.807, 2.05) is 13.0 Å². The van der Waals surface area contributed by atoms with E-state index in [1.165, 1.54) is 12.1 Å². The third-order valence-corrected chi connectivity index (χ3v) is 5.27. The molecule has 0 unspecified atom stereocenters. The topological polar surface area (TPSA) is 70.7 Å². The Balaban J connectivity index is 1.59. The molecular weight excluding hydrogens is 411 g/mol. The van der Waals surface area contributed by atoms with E-state index in [0.29, 0.717) is 29.8 Å². The fourth-order valence-corrected chi connectivity index (χ4v) is 3.78. The Labute approximate surface area is 176 Å². The van der Waals surface area contributed by atoms with E-state index in [9.17, 15) is 22.8 Å². The number of anilines is 2. The number of benzene rings is 2. The number of amides is 3. The van der Waals surface area contributed by atoms with Gasteiger partial charge in [-0.05, 0) is 36.8 Å². The molecule has 0 saturated heterocycles. The zero-order valence-corrected chi connectivity index (χ0v) is 16.7. The second-order valence-electron chi connectivity index (χ2n) is 7.17. The molecule has 0 bridgehead atoms. The van der Waals surface area contributed by atoms with Crippen LogP contribution in [0.3, 0.4) is 0 Å². The van der Waals surface area contributed by atoms with Gasteiger partial charge >= 0.3 is 12.2 Å². The van der Waals surface area contributed by atoms with E-state index >= 15 is 0 Å². The largest absolute Gasteiger partial charge is 0.493 e. The Bertz CT molecular complexity index is 1080. The zero-order chi connectivity index (χ0) is 22.2. The molecule has 2 aliphatic heterocycles. The minimum atomic E-state index is -4.47. The van der Waals surface area contributed by atoms with Gasteiger partial charge in [0.15, 0.2) is 0 Å². The number of rotatable bonds is 3. The third kappa shape index (κ3) is 4.08. The number of hydrogen-bond acceptors (Lipinski definition) is 3. The molecule has 0 saturated carbocycles. The Morgan fingerprint density at radius 2 is 2.10 bits per heavy atom. The van der Waals surface area contributed by atoms with E-state index in [2.05, 4.69) is 10.6 Å². The van der Waals surface area contributed by atoms with Crippen molar-refractivity contribution in [3.05, 3.63) is 59.2 Å². The molecule has 2 N–H and O–H groups in total. The number of nitrogens with one attached hydrogen (secondary N) is 2. The van der Waals surface area contributed by atoms with Gasteiger partial charge in [-0.2, -0.15) is 13.2 Å². The van der Waals surface area contributed by atoms with Crippen molar-refractivity contribution in [1.82, 2.24) is 5.32 Å². The smallest absolute Gasteiger partial charge is 0.416 e. The maximum Gasteiger partial charge on any atom is 0.416 e. The molecule has 4 rings (SSSR count). The summed E-state index contributed by atoms with van der Waals surface area (Å²) in [6.45, 7) is 2.81. The van der Waals surface area contributed by atoms with Crippen LogP contribution in [0.25, 0.3) is 5.57 Å². The highest BCUT2D eigenvalue weighted by molar-refractivity contribution is 6.06. The van der Waals surface area contributed by atoms with Crippen LogP contribution in [0.1, 0.15) is 30.0 Å². The molecule has 3 amide bonds. The van der Waals surface area contributed by atoms with Crippen LogP contribution in [0, 0.1) is 0 Å². The number of nitrogens with zero attached hydrogens (tertiary/aromatic N) is 1. The summed E-state index contributed by atoms with van der Waals surface area (Å²) in [7, 11) is 0. The molecule has 0 spiro atoms. The third-order valence-electron chi connectivity index (χ3n) is 5.27. The molecule has 2 heterocycles. The number of carbonyl (C=O) groups is 2. The summed E-state index contributed by atoms with van der Waals surface area (Å²) in [4.78, 5) is 26.3. The summed E-state index contributed by atoms with van der Waals surface area (Å²) < 4.78 is 44.3. The van der Waals surface area contributed by atoms with Gasteiger partial charge in [-0.25, -0.2) is 4.79 Å². The molecule has 0 atom stereocenters. The Morgan fingerprint density at radius 1 is 1.29 bits per heavy atom. The SMILES string of the molecule is CCN1C(=O)NCc2c(NC(=O)/C=C3\CCOc4cc(C(F)(F)F)ccc43)cccc21. The van der Waals surface area contributed by atoms with Crippen molar-refractivity contribution >= 4 is 28.9 Å². The summed E-state index contributed by atoms with van der Waals surface area (Å²) in [6, 6.07) is 8.38. The second-order valence-corrected chi connectivity index (χ2v) is 7.17. The fourth-order valence-electron chi connectivity index (χ4n) is 3.78. The van der Waals surface area contributed by atoms with Gasteiger partial charge in [0.1, 0.15) is 5.75 Å². The molecule has 2 aliphatic rings. The van der Waals surface area contributed by atoms with Gasteiger partial charge in [-0.15, -0.1) is 0 Å². The number of carbonyl (C=O) groups excluding carboxylic acids is 2. The maximum atomic E-state index is 13.0. The predicted molar refractivity (Wildman–Crippen MR) is 110 cm³/mol. The van der Waals surface area contributed by atoms with E-state index in [-0.39, 0.29) is 24.9 Å². The van der Waals surface area contributed by atoms with Crippen molar-refractivity contribution in [2.75, 3.05) is 23.4 Å². The molecule has 0 fully saturated rings. The number of fused-ring (bicyclic) bond motifs is 2. The fraction of sp³-hybridized carbons (Fsp3) is 0.273. The number of hydrogen-bond donors (Lipinski definition) is 2. The molecule has 6 nitrogen and oxygen atoms in total. The molecule has 9 heteroatoms. The molecule has 2 aromatic carbocycles. The van der Waals surface area contributed by atoms with Crippen LogP contribution >= 0.6 is 0 Å². The maximum absolute atomic E-state index is 13.0. The summed E-state index contributed by atoms with van der Waals surface area (Å²) in [5.41, 5.74) is 2.35. The van der Waals surface area contributed by atoms with Gasteiger partial charge in [0, 0.05) is 42.4 Å². The number of ether oxygens (including phenoxy) is 1. The molecule has 162 valence electrons. The summed E-state index contributed by atoms with van der Waals surface area (Å²) in [6.07, 6.45) is -2.68. The minimum absolute atomic E-state index is 0.110. The summed E-state index contributed by atoms with van der Waals surface area (Å²) >= 11 is 0. The van der Waals surface area contributed by atoms with E-state index < -0.39 is 17.6 Å². The van der Waals surface area contributed by atoms with E-state index in [0.717, 1.165) is 23.4 Å². The lowest BCUT2D eigenvalue weighted by molar-refractivity contribution is -0.137. The van der Waals surface area contributed by atoms with Crippen LogP contribution in [0.4, 0.5) is 29.3 Å². The summed E-state index contributed by atoms with van der Waals surface area (Å²) in [5.74, 6) is -0.297. The lowest BCUT2D eigenvalue weighted by atomic mass is 9.97. The van der Waals surface area contributed by atoms with Gasteiger partial charge in [0.05, 0.1) is 17.9 Å². The molecular formula is C22H20F3N3O3. The van der Waals surface area contributed by atoms with Crippen molar-refractivity contribution in [3.63, 3.8) is 0 Å². The van der Waals surface area contributed by atoms with Crippen LogP contribution in [-0.2, 0) is 17.5 Å². The predicted octanol–water partition coefficient (Wildman–Crippen LogP) is 4.56. The highest BCUT2D eigenvalue weighted by atomic mass is 19.4. The van der Waals surface area contributed by atoms with Crippen molar-refractivity contribution in [2.24, 2.45) is 0 Å². The molecule has 0 aromatic heterocycles. The first-order chi connectivity index (χ1) is 14.8. The average Bonchev–Trinajstić information content (AvgIpc) is 2.73. The summed E-state index contributed by atoms with van der Waals surface area (Å²) in [5, 5.41) is 5.61. The van der Waals surface area contributed by atoms with E-state index in [4.69, 9.17) is 4.74 Å². The highest BCUT2D eigenvalue weighted by Crippen LogP contribution is 2.38. The molecule has 0 aliphatic carbocycles. The number of urea groups is 1. The normalized spacial score (nSPS) is 16.8. The van der Waals surface area contributed by atoms with E-state index in [1.54, 1.807) is 17.0 Å². The van der Waals surface area contributed by atoms with Crippen molar-refractivity contribution < 1.29 is 27.5 Å². The van der Waals surface area contributed by atoms with Crippen molar-refractivity contribution in [2.45, 2.75) is 26.1 Å². The Kier molecular flexibility index (Phi) is 5.34. The second kappa shape index (κ2) is 7.98. The van der Waals surface area contributed by atoms with Gasteiger partial charge in [0.25, 0.3) is 0 Å². The Morgan fingerprint density at radius 3 is 2.84 bits per heavy atom. The molecule has 2 aromatic rings. The van der Waals surface area contributed by atoms with Crippen LogP contribution in [0.5, 0.6) is 5.75 Å². The van der Waals surface area contributed by atoms with Crippen LogP contribution < -0.4 is 20.3 Å². The van der Waals surface area contributed by atoms with Crippen molar-refractivity contribution in [3.8, 4) is 5.75 Å². The van der Waals surface area contributed by atoms with Crippen LogP contribution in [0.2, 0.25) is 0 Å². The molecule has 31 heavy (non-hydrogen) atoms. The standard InChI is InChI=1S/C22H20F3N3O3/c1-2-28-18-5-3-4-17(16(18)12-26-21(28)30)27-20(29)10-13-8-9-31-19-11-14(22(23,24)25)6-7-15(13)19/h3-7,10-11H,2,8-9,12H2,1H3,(H,26,30)(H,27,29)/b13-10+. The van der Waals surface area contributed by atoms with Gasteiger partial charge in [-0.3, -0.25) is 9.69 Å². The number of halogens is 3. The quantitative estimate of drug-likeness (QED) is 0.700. The lowest BCUT2D eigenvalue weighted by Crippen LogP contribution is -2.44. The lowest BCUT2D eigenvalue weighted by Gasteiger charge is -2.30. The van der Waals surface area contributed by atoms with Crippen LogP contribution in [0.15, 0.2) is 42.5 Å². The first-order valence-electron chi connectivity index (χ1n) is 9.81.